The SMILES string of the molecule is CCc1ccc(S(=O)(=O)N2CCCC(O)C2)cc1. The van der Waals surface area contributed by atoms with Crippen molar-refractivity contribution in [2.45, 2.75) is 37.2 Å². The number of nitrogens with zero attached hydrogens (tertiary/aromatic N) is 1. The van der Waals surface area contributed by atoms with Crippen LogP contribution in [0.2, 0.25) is 0 Å². The van der Waals surface area contributed by atoms with Gasteiger partial charge in [-0.15, -0.1) is 0 Å². The first-order chi connectivity index (χ1) is 8.54. The zero-order valence-corrected chi connectivity index (χ0v) is 11.4. The molecule has 1 aromatic rings. The largest absolute Gasteiger partial charge is 0.392 e. The summed E-state index contributed by atoms with van der Waals surface area (Å²) in [4.78, 5) is 0.314. The quantitative estimate of drug-likeness (QED) is 0.902. The van der Waals surface area contributed by atoms with Crippen LogP contribution in [0.5, 0.6) is 0 Å². The van der Waals surface area contributed by atoms with Crippen molar-refractivity contribution in [2.24, 2.45) is 0 Å². The number of β-amino-alcohol motifs (C(OH)–C–C–N with tert-alkyl or cyclic N) is 1. The molecule has 4 nitrogen and oxygen atoms in total. The van der Waals surface area contributed by atoms with E-state index >= 15 is 0 Å². The van der Waals surface area contributed by atoms with Crippen LogP contribution in [0, 0.1) is 0 Å². The van der Waals surface area contributed by atoms with Crippen molar-refractivity contribution in [2.75, 3.05) is 13.1 Å². The summed E-state index contributed by atoms with van der Waals surface area (Å²) in [5, 5.41) is 9.57. The Hall–Kier alpha value is -0.910. The highest BCUT2D eigenvalue weighted by Crippen LogP contribution is 2.21. The van der Waals surface area contributed by atoms with Gasteiger partial charge in [-0.1, -0.05) is 19.1 Å². The van der Waals surface area contributed by atoms with Crippen LogP contribution in [0.25, 0.3) is 0 Å². The zero-order valence-electron chi connectivity index (χ0n) is 10.5. The van der Waals surface area contributed by atoms with Crippen molar-refractivity contribution in [3.63, 3.8) is 0 Å². The molecule has 1 saturated heterocycles. The van der Waals surface area contributed by atoms with Gasteiger partial charge in [0.05, 0.1) is 11.0 Å². The number of sulfonamides is 1. The first-order valence-corrected chi connectivity index (χ1v) is 7.75. The summed E-state index contributed by atoms with van der Waals surface area (Å²) in [5.74, 6) is 0. The lowest BCUT2D eigenvalue weighted by molar-refractivity contribution is 0.108. The Labute approximate surface area is 108 Å². The molecule has 1 aromatic carbocycles. The number of aryl methyl sites for hydroxylation is 1. The van der Waals surface area contributed by atoms with Crippen LogP contribution in [0.1, 0.15) is 25.3 Å². The van der Waals surface area contributed by atoms with Crippen molar-refractivity contribution in [3.05, 3.63) is 29.8 Å². The van der Waals surface area contributed by atoms with Crippen molar-refractivity contribution >= 4 is 10.0 Å². The van der Waals surface area contributed by atoms with Crippen molar-refractivity contribution in [1.29, 1.82) is 0 Å². The Balaban J connectivity index is 2.23. The highest BCUT2D eigenvalue weighted by atomic mass is 32.2. The number of benzene rings is 1. The monoisotopic (exact) mass is 269 g/mol. The van der Waals surface area contributed by atoms with Gasteiger partial charge in [-0.3, -0.25) is 0 Å². The van der Waals surface area contributed by atoms with Gasteiger partial charge < -0.3 is 5.11 Å². The summed E-state index contributed by atoms with van der Waals surface area (Å²) in [6.07, 6.45) is 1.75. The number of hydrogen-bond acceptors (Lipinski definition) is 3. The number of piperidine rings is 1. The third-order valence-corrected chi connectivity index (χ3v) is 5.21. The molecule has 100 valence electrons. The molecule has 0 aliphatic carbocycles. The fraction of sp³-hybridized carbons (Fsp3) is 0.538. The third kappa shape index (κ3) is 2.74. The standard InChI is InChI=1S/C13H19NO3S/c1-2-11-5-7-13(8-6-11)18(16,17)14-9-3-4-12(15)10-14/h5-8,12,15H,2-4,9-10H2,1H3. The van der Waals surface area contributed by atoms with Gasteiger partial charge >= 0.3 is 0 Å². The molecule has 1 heterocycles. The Morgan fingerprint density at radius 2 is 2.00 bits per heavy atom. The topological polar surface area (TPSA) is 57.6 Å². The second kappa shape index (κ2) is 5.38. The summed E-state index contributed by atoms with van der Waals surface area (Å²) in [6.45, 7) is 2.73. The number of rotatable bonds is 3. The molecule has 0 spiro atoms. The van der Waals surface area contributed by atoms with Crippen LogP contribution in [-0.2, 0) is 16.4 Å². The summed E-state index contributed by atoms with van der Waals surface area (Å²) in [7, 11) is -3.45. The van der Waals surface area contributed by atoms with E-state index in [9.17, 15) is 13.5 Å². The average molecular weight is 269 g/mol. The highest BCUT2D eigenvalue weighted by molar-refractivity contribution is 7.89. The molecule has 0 bridgehead atoms. The summed E-state index contributed by atoms with van der Waals surface area (Å²) in [5.41, 5.74) is 1.12. The fourth-order valence-electron chi connectivity index (χ4n) is 2.19. The van der Waals surface area contributed by atoms with Gasteiger partial charge in [-0.05, 0) is 37.0 Å². The highest BCUT2D eigenvalue weighted by Gasteiger charge is 2.29. The first kappa shape index (κ1) is 13.5. The molecular weight excluding hydrogens is 250 g/mol. The van der Waals surface area contributed by atoms with Crippen LogP contribution in [0.3, 0.4) is 0 Å². The van der Waals surface area contributed by atoms with Crippen LogP contribution in [0.4, 0.5) is 0 Å². The van der Waals surface area contributed by atoms with E-state index in [1.807, 2.05) is 19.1 Å². The molecule has 2 rings (SSSR count). The van der Waals surface area contributed by atoms with Gasteiger partial charge in [0.2, 0.25) is 10.0 Å². The summed E-state index contributed by atoms with van der Waals surface area (Å²) < 4.78 is 26.1. The van der Waals surface area contributed by atoms with Crippen LogP contribution < -0.4 is 0 Å². The van der Waals surface area contributed by atoms with Gasteiger partial charge in [-0.25, -0.2) is 8.42 Å². The molecule has 1 fully saturated rings. The van der Waals surface area contributed by atoms with Gasteiger partial charge in [-0.2, -0.15) is 4.31 Å². The molecular formula is C13H19NO3S. The van der Waals surface area contributed by atoms with Crippen LogP contribution >= 0.6 is 0 Å². The van der Waals surface area contributed by atoms with Gasteiger partial charge in [0, 0.05) is 13.1 Å². The molecule has 5 heteroatoms. The molecule has 1 atom stereocenters. The minimum Gasteiger partial charge on any atom is -0.392 e. The first-order valence-electron chi connectivity index (χ1n) is 6.31. The molecule has 1 aliphatic rings. The molecule has 0 amide bonds. The summed E-state index contributed by atoms with van der Waals surface area (Å²) >= 11 is 0. The van der Waals surface area contributed by atoms with Gasteiger partial charge in [0.1, 0.15) is 0 Å². The van der Waals surface area contributed by atoms with Crippen molar-refractivity contribution in [3.8, 4) is 0 Å². The molecule has 1 N–H and O–H groups in total. The van der Waals surface area contributed by atoms with E-state index in [2.05, 4.69) is 0 Å². The smallest absolute Gasteiger partial charge is 0.243 e. The minimum atomic E-state index is -3.45. The predicted octanol–water partition coefficient (Wildman–Crippen LogP) is 1.39. The Kier molecular flexibility index (Phi) is 4.04. The third-order valence-electron chi connectivity index (χ3n) is 3.33. The molecule has 18 heavy (non-hydrogen) atoms. The predicted molar refractivity (Wildman–Crippen MR) is 69.8 cm³/mol. The van der Waals surface area contributed by atoms with E-state index in [4.69, 9.17) is 0 Å². The van der Waals surface area contributed by atoms with E-state index in [-0.39, 0.29) is 6.54 Å². The second-order valence-electron chi connectivity index (χ2n) is 4.66. The lowest BCUT2D eigenvalue weighted by Crippen LogP contribution is -2.42. The van der Waals surface area contributed by atoms with E-state index in [0.717, 1.165) is 12.0 Å². The van der Waals surface area contributed by atoms with Crippen LogP contribution in [0.15, 0.2) is 29.2 Å². The number of hydrogen-bond donors (Lipinski definition) is 1. The fourth-order valence-corrected chi connectivity index (χ4v) is 3.70. The molecule has 0 saturated carbocycles. The van der Waals surface area contributed by atoms with Crippen molar-refractivity contribution in [1.82, 2.24) is 4.31 Å². The van der Waals surface area contributed by atoms with E-state index in [1.165, 1.54) is 4.31 Å². The normalized spacial score (nSPS) is 22.0. The minimum absolute atomic E-state index is 0.206. The van der Waals surface area contributed by atoms with Crippen LogP contribution in [-0.4, -0.2) is 37.0 Å². The maximum absolute atomic E-state index is 12.3. The zero-order chi connectivity index (χ0) is 13.2. The number of aliphatic hydroxyl groups excluding tert-OH is 1. The Morgan fingerprint density at radius 3 is 2.56 bits per heavy atom. The van der Waals surface area contributed by atoms with Gasteiger partial charge in [0.15, 0.2) is 0 Å². The van der Waals surface area contributed by atoms with E-state index in [0.29, 0.717) is 24.3 Å². The Morgan fingerprint density at radius 1 is 1.33 bits per heavy atom. The van der Waals surface area contributed by atoms with Gasteiger partial charge in [0.25, 0.3) is 0 Å². The number of aliphatic hydroxyl groups is 1. The Bertz CT molecular complexity index is 495. The van der Waals surface area contributed by atoms with E-state index in [1.54, 1.807) is 12.1 Å². The van der Waals surface area contributed by atoms with E-state index < -0.39 is 16.1 Å². The maximum Gasteiger partial charge on any atom is 0.243 e. The molecule has 0 aromatic heterocycles. The molecule has 1 unspecified atom stereocenters. The second-order valence-corrected chi connectivity index (χ2v) is 6.59. The molecule has 0 radical (unpaired) electrons. The lowest BCUT2D eigenvalue weighted by Gasteiger charge is -2.29. The lowest BCUT2D eigenvalue weighted by atomic mass is 10.1. The maximum atomic E-state index is 12.3. The van der Waals surface area contributed by atoms with Crippen molar-refractivity contribution < 1.29 is 13.5 Å². The molecule has 1 aliphatic heterocycles. The average Bonchev–Trinajstić information content (AvgIpc) is 2.39. The summed E-state index contributed by atoms with van der Waals surface area (Å²) in [6, 6.07) is 6.98.